The highest BCUT2D eigenvalue weighted by Gasteiger charge is 2.29. The predicted molar refractivity (Wildman–Crippen MR) is 122 cm³/mol. The molecule has 4 rings (SSSR count). The Kier molecular flexibility index (Phi) is 6.07. The van der Waals surface area contributed by atoms with Gasteiger partial charge in [-0.15, -0.1) is 11.3 Å². The average molecular weight is 506 g/mol. The molecule has 0 spiro atoms. The van der Waals surface area contributed by atoms with Crippen molar-refractivity contribution in [2.24, 2.45) is 5.92 Å². The summed E-state index contributed by atoms with van der Waals surface area (Å²) in [6.45, 7) is 6.51. The Morgan fingerprint density at radius 2 is 2.16 bits per heavy atom. The zero-order valence-corrected chi connectivity index (χ0v) is 20.3. The van der Waals surface area contributed by atoms with Gasteiger partial charge in [0.05, 0.1) is 35.1 Å². The molecule has 3 aromatic rings. The largest absolute Gasteiger partial charge is 0.465 e. The van der Waals surface area contributed by atoms with Crippen LogP contribution in [0.1, 0.15) is 61.8 Å². The number of anilines is 1. The number of halogens is 1. The minimum absolute atomic E-state index is 0.186. The van der Waals surface area contributed by atoms with Crippen molar-refractivity contribution in [3.05, 3.63) is 55.5 Å². The number of carbonyl (C=O) groups is 2. The molecular weight excluding hydrogens is 482 g/mol. The fourth-order valence-electron chi connectivity index (χ4n) is 3.88. The maximum absolute atomic E-state index is 12.9. The minimum atomic E-state index is -0.419. The Morgan fingerprint density at radius 1 is 1.39 bits per heavy atom. The van der Waals surface area contributed by atoms with Crippen LogP contribution in [0.4, 0.5) is 5.00 Å². The summed E-state index contributed by atoms with van der Waals surface area (Å²) in [5, 5.41) is 7.87. The van der Waals surface area contributed by atoms with Gasteiger partial charge in [-0.05, 0) is 72.7 Å². The quantitative estimate of drug-likeness (QED) is 0.485. The molecule has 0 unspecified atom stereocenters. The summed E-state index contributed by atoms with van der Waals surface area (Å²) in [6, 6.07) is 3.40. The number of hydrogen-bond donors (Lipinski definition) is 1. The third-order valence-electron chi connectivity index (χ3n) is 5.61. The molecular formula is C22H24BrN3O4S. The SMILES string of the molecule is COC(=O)c1c(NC(=O)c2ccc(Cn3nc(C)c(Br)c3C)o2)sc2c1CC[C@H](C)C2. The molecule has 164 valence electrons. The number of hydrogen-bond acceptors (Lipinski definition) is 6. The molecule has 31 heavy (non-hydrogen) atoms. The van der Waals surface area contributed by atoms with Crippen LogP contribution in [-0.4, -0.2) is 28.8 Å². The van der Waals surface area contributed by atoms with Gasteiger partial charge >= 0.3 is 5.97 Å². The van der Waals surface area contributed by atoms with E-state index in [-0.39, 0.29) is 5.76 Å². The number of nitrogens with one attached hydrogen (secondary N) is 1. The number of thiophene rings is 1. The number of carbonyl (C=O) groups excluding carboxylic acids is 2. The average Bonchev–Trinajstić information content (AvgIpc) is 3.41. The summed E-state index contributed by atoms with van der Waals surface area (Å²) in [6.07, 6.45) is 2.74. The van der Waals surface area contributed by atoms with E-state index in [1.807, 2.05) is 18.5 Å². The molecule has 0 aliphatic heterocycles. The van der Waals surface area contributed by atoms with Crippen LogP contribution >= 0.6 is 27.3 Å². The smallest absolute Gasteiger partial charge is 0.341 e. The molecule has 1 aliphatic rings. The van der Waals surface area contributed by atoms with Gasteiger partial charge in [-0.3, -0.25) is 9.48 Å². The Labute approximate surface area is 192 Å². The van der Waals surface area contributed by atoms with E-state index >= 15 is 0 Å². The van der Waals surface area contributed by atoms with Crippen molar-refractivity contribution in [3.8, 4) is 0 Å². The number of aryl methyl sites for hydroxylation is 1. The van der Waals surface area contributed by atoms with Gasteiger partial charge in [0.15, 0.2) is 5.76 Å². The Bertz CT molecular complexity index is 1160. The van der Waals surface area contributed by atoms with Crippen molar-refractivity contribution < 1.29 is 18.7 Å². The summed E-state index contributed by atoms with van der Waals surface area (Å²) < 4.78 is 13.5. The second-order valence-corrected chi connectivity index (χ2v) is 9.81. The fourth-order valence-corrected chi connectivity index (χ4v) is 5.56. The van der Waals surface area contributed by atoms with Crippen molar-refractivity contribution in [2.75, 3.05) is 12.4 Å². The molecule has 0 bridgehead atoms. The number of amides is 1. The first kappa shape index (κ1) is 21.8. The number of furan rings is 1. The second-order valence-electron chi connectivity index (χ2n) is 7.91. The van der Waals surface area contributed by atoms with E-state index in [1.165, 1.54) is 18.4 Å². The summed E-state index contributed by atoms with van der Waals surface area (Å²) in [4.78, 5) is 26.4. The molecule has 9 heteroatoms. The van der Waals surface area contributed by atoms with Gasteiger partial charge < -0.3 is 14.5 Å². The molecule has 1 N–H and O–H groups in total. The van der Waals surface area contributed by atoms with Gasteiger partial charge in [0, 0.05) is 4.88 Å². The van der Waals surface area contributed by atoms with Crippen LogP contribution in [0.2, 0.25) is 0 Å². The van der Waals surface area contributed by atoms with Crippen LogP contribution in [0.25, 0.3) is 0 Å². The molecule has 1 amide bonds. The molecule has 0 saturated carbocycles. The molecule has 0 radical (unpaired) electrons. The molecule has 0 fully saturated rings. The number of esters is 1. The normalized spacial score (nSPS) is 15.6. The number of nitrogens with zero attached hydrogens (tertiary/aromatic N) is 2. The van der Waals surface area contributed by atoms with Crippen molar-refractivity contribution in [3.63, 3.8) is 0 Å². The van der Waals surface area contributed by atoms with E-state index in [9.17, 15) is 9.59 Å². The lowest BCUT2D eigenvalue weighted by molar-refractivity contribution is 0.0601. The van der Waals surface area contributed by atoms with E-state index in [1.54, 1.807) is 12.1 Å². The maximum atomic E-state index is 12.9. The van der Waals surface area contributed by atoms with Gasteiger partial charge in [-0.2, -0.15) is 5.10 Å². The van der Waals surface area contributed by atoms with Crippen molar-refractivity contribution in [1.82, 2.24) is 9.78 Å². The Morgan fingerprint density at radius 3 is 2.84 bits per heavy atom. The maximum Gasteiger partial charge on any atom is 0.341 e. The summed E-state index contributed by atoms with van der Waals surface area (Å²) in [5.74, 6) is 0.555. The lowest BCUT2D eigenvalue weighted by Crippen LogP contribution is -2.15. The summed E-state index contributed by atoms with van der Waals surface area (Å²) >= 11 is 4.97. The topological polar surface area (TPSA) is 86.4 Å². The fraction of sp³-hybridized carbons (Fsp3) is 0.409. The lowest BCUT2D eigenvalue weighted by Gasteiger charge is -2.18. The first-order chi connectivity index (χ1) is 14.8. The number of ether oxygens (including phenoxy) is 1. The zero-order valence-electron chi connectivity index (χ0n) is 17.9. The number of methoxy groups -OCH3 is 1. The van der Waals surface area contributed by atoms with Gasteiger partial charge in [0.2, 0.25) is 0 Å². The standard InChI is InChI=1S/C22H24BrN3O4S/c1-11-5-7-15-17(9-11)31-21(18(15)22(28)29-4)24-20(27)16-8-6-14(30-16)10-26-13(3)19(23)12(2)25-26/h6,8,11H,5,7,9-10H2,1-4H3,(H,24,27)/t11-/m0/s1. The van der Waals surface area contributed by atoms with E-state index in [0.717, 1.165) is 45.6 Å². The van der Waals surface area contributed by atoms with Crippen LogP contribution in [-0.2, 0) is 24.1 Å². The summed E-state index contributed by atoms with van der Waals surface area (Å²) in [7, 11) is 1.36. The third kappa shape index (κ3) is 4.21. The van der Waals surface area contributed by atoms with Gasteiger partial charge in [-0.25, -0.2) is 4.79 Å². The highest BCUT2D eigenvalue weighted by Crippen LogP contribution is 2.40. The van der Waals surface area contributed by atoms with Crippen molar-refractivity contribution in [1.29, 1.82) is 0 Å². The Balaban J connectivity index is 1.55. The Hall–Kier alpha value is -2.39. The highest BCUT2D eigenvalue weighted by atomic mass is 79.9. The first-order valence-corrected chi connectivity index (χ1v) is 11.7. The number of fused-ring (bicyclic) bond motifs is 1. The second kappa shape index (κ2) is 8.63. The van der Waals surface area contributed by atoms with Crippen molar-refractivity contribution >= 4 is 44.1 Å². The third-order valence-corrected chi connectivity index (χ3v) is 7.93. The molecule has 1 atom stereocenters. The molecule has 1 aliphatic carbocycles. The molecule has 3 heterocycles. The molecule has 0 saturated heterocycles. The van der Waals surface area contributed by atoms with Crippen LogP contribution in [0, 0.1) is 19.8 Å². The van der Waals surface area contributed by atoms with Gasteiger partial charge in [0.25, 0.3) is 5.91 Å². The van der Waals surface area contributed by atoms with E-state index < -0.39 is 11.9 Å². The first-order valence-electron chi connectivity index (χ1n) is 10.1. The van der Waals surface area contributed by atoms with E-state index in [2.05, 4.69) is 33.3 Å². The minimum Gasteiger partial charge on any atom is -0.465 e. The van der Waals surface area contributed by atoms with Gasteiger partial charge in [0.1, 0.15) is 10.8 Å². The summed E-state index contributed by atoms with van der Waals surface area (Å²) in [5.41, 5.74) is 3.36. The lowest BCUT2D eigenvalue weighted by atomic mass is 9.88. The molecule has 3 aromatic heterocycles. The van der Waals surface area contributed by atoms with Crippen LogP contribution in [0.3, 0.4) is 0 Å². The van der Waals surface area contributed by atoms with Crippen LogP contribution < -0.4 is 5.32 Å². The zero-order chi connectivity index (χ0) is 22.3. The monoisotopic (exact) mass is 505 g/mol. The van der Waals surface area contributed by atoms with Crippen LogP contribution in [0.15, 0.2) is 21.0 Å². The molecule has 0 aromatic carbocycles. The van der Waals surface area contributed by atoms with Gasteiger partial charge in [-0.1, -0.05) is 6.92 Å². The predicted octanol–water partition coefficient (Wildman–Crippen LogP) is 5.13. The van der Waals surface area contributed by atoms with Crippen LogP contribution in [0.5, 0.6) is 0 Å². The van der Waals surface area contributed by atoms with E-state index in [4.69, 9.17) is 9.15 Å². The molecule has 7 nitrogen and oxygen atoms in total. The van der Waals surface area contributed by atoms with Crippen molar-refractivity contribution in [2.45, 2.75) is 46.6 Å². The number of aromatic nitrogens is 2. The highest BCUT2D eigenvalue weighted by molar-refractivity contribution is 9.10. The number of rotatable bonds is 5. The van der Waals surface area contributed by atoms with E-state index in [0.29, 0.717) is 28.8 Å².